The van der Waals surface area contributed by atoms with E-state index in [1.165, 1.54) is 21.7 Å². The molecule has 0 atom stereocenters. The number of hydrogen-bond acceptors (Lipinski definition) is 2. The van der Waals surface area contributed by atoms with Crippen molar-refractivity contribution in [3.63, 3.8) is 0 Å². The van der Waals surface area contributed by atoms with E-state index in [1.807, 2.05) is 36.7 Å². The van der Waals surface area contributed by atoms with E-state index in [1.54, 1.807) is 0 Å². The average Bonchev–Trinajstić information content (AvgIpc) is 3.88. The summed E-state index contributed by atoms with van der Waals surface area (Å²) in [7, 11) is 0. The minimum Gasteiger partial charge on any atom is -0.503 e. The Morgan fingerprint density at radius 3 is 2.14 bits per heavy atom. The largest absolute Gasteiger partial charge is 0.503 e. The van der Waals surface area contributed by atoms with Crippen molar-refractivity contribution in [1.82, 2.24) is 18.5 Å². The predicted octanol–water partition coefficient (Wildman–Crippen LogP) is 11.0. The molecule has 0 aliphatic rings. The molecule has 11 rings (SSSR count). The maximum absolute atomic E-state index is 6.50. The van der Waals surface area contributed by atoms with Gasteiger partial charge in [-0.15, -0.1) is 35.7 Å². The van der Waals surface area contributed by atoms with E-state index in [9.17, 15) is 0 Å². The molecule has 0 aliphatic heterocycles. The number of para-hydroxylation sites is 4. The van der Waals surface area contributed by atoms with Gasteiger partial charge in [0.1, 0.15) is 0 Å². The zero-order valence-electron chi connectivity index (χ0n) is 26.9. The molecule has 51 heavy (non-hydrogen) atoms. The van der Waals surface area contributed by atoms with Crippen LogP contribution in [0.3, 0.4) is 0 Å². The maximum Gasteiger partial charge on any atom is 0.0609 e. The number of hydrogen-bond donors (Lipinski definition) is 0. The summed E-state index contributed by atoms with van der Waals surface area (Å²) in [5.41, 5.74) is 8.35. The van der Waals surface area contributed by atoms with E-state index in [2.05, 4.69) is 152 Å². The molecule has 0 aliphatic carbocycles. The molecule has 0 N–H and O–H groups in total. The van der Waals surface area contributed by atoms with E-state index >= 15 is 0 Å². The van der Waals surface area contributed by atoms with Crippen LogP contribution in [0.5, 0.6) is 11.5 Å². The minimum absolute atomic E-state index is 0. The van der Waals surface area contributed by atoms with Crippen LogP contribution in [0.25, 0.3) is 82.3 Å². The van der Waals surface area contributed by atoms with Crippen molar-refractivity contribution >= 4 is 70.9 Å². The molecule has 0 radical (unpaired) electrons. The third-order valence-electron chi connectivity index (χ3n) is 9.84. The van der Waals surface area contributed by atoms with Gasteiger partial charge in [0.25, 0.3) is 0 Å². The number of aromatic nitrogens is 4. The summed E-state index contributed by atoms with van der Waals surface area (Å²) >= 11 is 0. The Labute approximate surface area is 306 Å². The van der Waals surface area contributed by atoms with Gasteiger partial charge in [-0.25, -0.2) is 0 Å². The van der Waals surface area contributed by atoms with Gasteiger partial charge in [-0.3, -0.25) is 4.98 Å². The van der Waals surface area contributed by atoms with E-state index in [4.69, 9.17) is 4.74 Å². The van der Waals surface area contributed by atoms with Crippen LogP contribution in [0.15, 0.2) is 152 Å². The number of imidazole rings is 1. The molecular formula is C45H25N4OPt-3. The number of fused-ring (bicyclic) bond motifs is 12. The Kier molecular flexibility index (Phi) is 6.67. The molecule has 0 spiro atoms. The van der Waals surface area contributed by atoms with Crippen LogP contribution >= 0.6 is 0 Å². The van der Waals surface area contributed by atoms with Crippen molar-refractivity contribution in [2.45, 2.75) is 0 Å². The molecule has 5 nitrogen and oxygen atoms in total. The molecule has 244 valence electrons. The minimum atomic E-state index is 0. The summed E-state index contributed by atoms with van der Waals surface area (Å²) in [5, 5.41) is 7.89. The zero-order valence-corrected chi connectivity index (χ0v) is 29.2. The molecule has 11 aromatic rings. The Bertz CT molecular complexity index is 3140. The maximum atomic E-state index is 6.50. The first-order valence-corrected chi connectivity index (χ1v) is 16.6. The quantitative estimate of drug-likeness (QED) is 0.131. The van der Waals surface area contributed by atoms with Crippen molar-refractivity contribution in [2.24, 2.45) is 0 Å². The molecule has 4 heterocycles. The van der Waals surface area contributed by atoms with Crippen LogP contribution in [0, 0.1) is 18.2 Å². The van der Waals surface area contributed by atoms with Crippen LogP contribution in [0.1, 0.15) is 0 Å². The monoisotopic (exact) mass is 832 g/mol. The summed E-state index contributed by atoms with van der Waals surface area (Å²) < 4.78 is 13.2. The van der Waals surface area contributed by atoms with Gasteiger partial charge < -0.3 is 18.3 Å². The van der Waals surface area contributed by atoms with Gasteiger partial charge in [-0.05, 0) is 41.1 Å². The second kappa shape index (κ2) is 11.4. The topological polar surface area (TPSA) is 36.4 Å². The first-order chi connectivity index (χ1) is 24.8. The predicted molar refractivity (Wildman–Crippen MR) is 202 cm³/mol. The van der Waals surface area contributed by atoms with Crippen LogP contribution in [0.2, 0.25) is 0 Å². The van der Waals surface area contributed by atoms with Gasteiger partial charge in [0, 0.05) is 72.5 Å². The molecule has 4 aromatic heterocycles. The van der Waals surface area contributed by atoms with Crippen LogP contribution in [-0.2, 0) is 21.1 Å². The molecular weight excluding hydrogens is 808 g/mol. The third-order valence-corrected chi connectivity index (χ3v) is 9.84. The normalized spacial score (nSPS) is 11.8. The molecule has 0 bridgehead atoms. The smallest absolute Gasteiger partial charge is 0.0609 e. The fourth-order valence-electron chi connectivity index (χ4n) is 7.73. The molecule has 0 saturated heterocycles. The van der Waals surface area contributed by atoms with Crippen molar-refractivity contribution in [3.8, 4) is 22.9 Å². The number of benzene rings is 7. The van der Waals surface area contributed by atoms with Gasteiger partial charge in [0.2, 0.25) is 0 Å². The molecule has 7 aromatic carbocycles. The first kappa shape index (κ1) is 29.7. The van der Waals surface area contributed by atoms with E-state index in [0.29, 0.717) is 11.5 Å². The standard InChI is InChI=1S/C45H25N4O.Pt/c1-2-11-29(12-3-1)48-41-19-8-5-16-35(41)37-27-38-36-17-6-9-20-42(36)49(44(38)28-43(37)48)30-13-10-14-31(25-30)50-32-21-22-33-34-15-4-7-18-40(34)47-24-23-46-45(47)39(33)26-32;/h1-19,21-24,27-28H;/q-3;. The van der Waals surface area contributed by atoms with Gasteiger partial charge >= 0.3 is 0 Å². The van der Waals surface area contributed by atoms with Gasteiger partial charge in [-0.2, -0.15) is 30.3 Å². The molecule has 6 heteroatoms. The van der Waals surface area contributed by atoms with Crippen molar-refractivity contribution in [3.05, 3.63) is 170 Å². The van der Waals surface area contributed by atoms with Crippen molar-refractivity contribution in [1.29, 1.82) is 0 Å². The summed E-state index contributed by atoms with van der Waals surface area (Å²) in [6.07, 6.45) is 3.82. The SMILES string of the molecule is [Pt].[c-]1c(Oc2[c-]c3c(cc2)c2ccccc2n2ccnc32)cccc1-n1c2[c-]cccc2c2cc3c4ccccc4n(-c4ccccc4)c3cc21. The number of nitrogens with zero attached hydrogens (tertiary/aromatic N) is 4. The Hall–Kier alpha value is -6.16. The van der Waals surface area contributed by atoms with E-state index in [-0.39, 0.29) is 21.1 Å². The fraction of sp³-hybridized carbons (Fsp3) is 0. The molecule has 0 saturated carbocycles. The summed E-state index contributed by atoms with van der Waals surface area (Å²) in [6, 6.07) is 59.2. The summed E-state index contributed by atoms with van der Waals surface area (Å²) in [6.45, 7) is 0. The van der Waals surface area contributed by atoms with E-state index in [0.717, 1.165) is 60.6 Å². The van der Waals surface area contributed by atoms with Crippen LogP contribution in [0.4, 0.5) is 0 Å². The van der Waals surface area contributed by atoms with Crippen LogP contribution < -0.4 is 4.74 Å². The second-order valence-electron chi connectivity index (χ2n) is 12.6. The van der Waals surface area contributed by atoms with Crippen LogP contribution in [-0.4, -0.2) is 18.5 Å². The molecule has 0 amide bonds. The van der Waals surface area contributed by atoms with Crippen molar-refractivity contribution < 1.29 is 25.8 Å². The third kappa shape index (κ3) is 4.41. The van der Waals surface area contributed by atoms with Gasteiger partial charge in [-0.1, -0.05) is 88.7 Å². The number of rotatable bonds is 4. The van der Waals surface area contributed by atoms with Gasteiger partial charge in [0.15, 0.2) is 0 Å². The number of pyridine rings is 1. The Morgan fingerprint density at radius 1 is 0.529 bits per heavy atom. The first-order valence-electron chi connectivity index (χ1n) is 16.6. The molecule has 0 fully saturated rings. The van der Waals surface area contributed by atoms with Gasteiger partial charge in [0.05, 0.1) is 16.7 Å². The average molecular weight is 833 g/mol. The summed E-state index contributed by atoms with van der Waals surface area (Å²) in [4.78, 5) is 4.67. The van der Waals surface area contributed by atoms with Crippen molar-refractivity contribution in [2.75, 3.05) is 0 Å². The summed E-state index contributed by atoms with van der Waals surface area (Å²) in [5.74, 6) is 1.21. The number of ether oxygens (including phenoxy) is 1. The molecule has 0 unspecified atom stereocenters. The fourth-order valence-corrected chi connectivity index (χ4v) is 7.73. The Morgan fingerprint density at radius 2 is 1.25 bits per heavy atom. The zero-order chi connectivity index (χ0) is 32.8. The second-order valence-corrected chi connectivity index (χ2v) is 12.6. The van der Waals surface area contributed by atoms with E-state index < -0.39 is 0 Å². The Balaban J connectivity index is 0.00000327.